The summed E-state index contributed by atoms with van der Waals surface area (Å²) >= 11 is 0. The zero-order valence-corrected chi connectivity index (χ0v) is 7.74. The van der Waals surface area contributed by atoms with Gasteiger partial charge >= 0.3 is 59.4 Å². The van der Waals surface area contributed by atoms with Gasteiger partial charge < -0.3 is 0 Å². The SMILES string of the molecule is BC[PH]1(C)CCCCC1. The van der Waals surface area contributed by atoms with Crippen LogP contribution in [-0.4, -0.2) is 32.9 Å². The van der Waals surface area contributed by atoms with Crippen molar-refractivity contribution in [2.24, 2.45) is 0 Å². The number of rotatable bonds is 1. The molecule has 0 nitrogen and oxygen atoms in total. The minimum absolute atomic E-state index is 0.611. The fourth-order valence-electron chi connectivity index (χ4n) is 1.76. The summed E-state index contributed by atoms with van der Waals surface area (Å²) < 4.78 is 0. The Bertz CT molecular complexity index is 86.9. The Kier molecular flexibility index (Phi) is 2.58. The second kappa shape index (κ2) is 3.06. The van der Waals surface area contributed by atoms with Gasteiger partial charge in [0.15, 0.2) is 0 Å². The summed E-state index contributed by atoms with van der Waals surface area (Å²) in [4.78, 5) is 0. The van der Waals surface area contributed by atoms with E-state index in [-0.39, 0.29) is 0 Å². The molecular formula is C7H18BP. The predicted octanol–water partition coefficient (Wildman–Crippen LogP) is 1.14. The van der Waals surface area contributed by atoms with Gasteiger partial charge in [-0.05, 0) is 0 Å². The van der Waals surface area contributed by atoms with Crippen LogP contribution in [0.2, 0.25) is 0 Å². The maximum atomic E-state index is 2.58. The Hall–Kier alpha value is 0.495. The van der Waals surface area contributed by atoms with Crippen LogP contribution in [0.5, 0.6) is 0 Å². The molecule has 0 N–H and O–H groups in total. The second-order valence-corrected chi connectivity index (χ2v) is 9.05. The zero-order valence-electron chi connectivity index (χ0n) is 6.74. The molecule has 0 amide bonds. The van der Waals surface area contributed by atoms with Crippen LogP contribution in [0.3, 0.4) is 0 Å². The van der Waals surface area contributed by atoms with Crippen molar-refractivity contribution in [2.75, 3.05) is 25.0 Å². The van der Waals surface area contributed by atoms with E-state index in [0.717, 1.165) is 0 Å². The predicted molar refractivity (Wildman–Crippen MR) is 51.2 cm³/mol. The summed E-state index contributed by atoms with van der Waals surface area (Å²) in [6.07, 6.45) is 7.82. The van der Waals surface area contributed by atoms with Crippen molar-refractivity contribution < 1.29 is 0 Å². The van der Waals surface area contributed by atoms with E-state index < -0.39 is 7.26 Å². The van der Waals surface area contributed by atoms with Crippen LogP contribution in [-0.2, 0) is 0 Å². The fraction of sp³-hybridized carbons (Fsp3) is 1.00. The molecule has 0 bridgehead atoms. The van der Waals surface area contributed by atoms with E-state index in [1.807, 2.05) is 0 Å². The van der Waals surface area contributed by atoms with E-state index in [1.54, 1.807) is 12.3 Å². The summed E-state index contributed by atoms with van der Waals surface area (Å²) in [7, 11) is 1.78. The van der Waals surface area contributed by atoms with Crippen LogP contribution in [0.25, 0.3) is 0 Å². The third-order valence-corrected chi connectivity index (χ3v) is 7.74. The van der Waals surface area contributed by atoms with Crippen LogP contribution in [0.4, 0.5) is 0 Å². The van der Waals surface area contributed by atoms with Gasteiger partial charge in [-0.15, -0.1) is 0 Å². The van der Waals surface area contributed by atoms with Crippen LogP contribution >= 0.6 is 7.26 Å². The van der Waals surface area contributed by atoms with E-state index in [9.17, 15) is 0 Å². The van der Waals surface area contributed by atoms with Gasteiger partial charge in [0.05, 0.1) is 0 Å². The first-order chi connectivity index (χ1) is 4.27. The molecular weight excluding hydrogens is 126 g/mol. The van der Waals surface area contributed by atoms with E-state index in [1.165, 1.54) is 25.3 Å². The molecule has 9 heavy (non-hydrogen) atoms. The van der Waals surface area contributed by atoms with E-state index >= 15 is 0 Å². The Morgan fingerprint density at radius 1 is 1.22 bits per heavy atom. The molecule has 0 unspecified atom stereocenters. The van der Waals surface area contributed by atoms with Crippen LogP contribution in [0, 0.1) is 0 Å². The third-order valence-electron chi connectivity index (χ3n) is 2.91. The van der Waals surface area contributed by atoms with Crippen molar-refractivity contribution in [3.05, 3.63) is 0 Å². The monoisotopic (exact) mass is 144 g/mol. The van der Waals surface area contributed by atoms with E-state index in [4.69, 9.17) is 0 Å². The van der Waals surface area contributed by atoms with Gasteiger partial charge in [-0.2, -0.15) is 0 Å². The van der Waals surface area contributed by atoms with E-state index in [2.05, 4.69) is 14.5 Å². The van der Waals surface area contributed by atoms with Crippen molar-refractivity contribution in [1.82, 2.24) is 0 Å². The molecule has 1 rings (SSSR count). The molecule has 0 radical (unpaired) electrons. The zero-order chi connectivity index (χ0) is 6.74. The number of hydrogen-bond donors (Lipinski definition) is 0. The molecule has 0 spiro atoms. The van der Waals surface area contributed by atoms with Crippen LogP contribution in [0.15, 0.2) is 0 Å². The normalized spacial score (nSPS) is 29.4. The fourth-order valence-corrected chi connectivity index (χ4v) is 4.92. The summed E-state index contributed by atoms with van der Waals surface area (Å²) in [6, 6.07) is 1.52. The molecule has 2 heteroatoms. The van der Waals surface area contributed by atoms with Crippen LogP contribution in [0.1, 0.15) is 19.3 Å². The van der Waals surface area contributed by atoms with Gasteiger partial charge in [0.2, 0.25) is 0 Å². The summed E-state index contributed by atoms with van der Waals surface area (Å²) in [5, 5.41) is 0. The molecule has 1 heterocycles. The van der Waals surface area contributed by atoms with Crippen molar-refractivity contribution in [3.8, 4) is 0 Å². The maximum absolute atomic E-state index is 2.58. The first-order valence-electron chi connectivity index (χ1n) is 4.27. The molecule has 0 saturated carbocycles. The molecule has 0 atom stereocenters. The molecule has 1 fully saturated rings. The average Bonchev–Trinajstić information content (AvgIpc) is 1.90. The minimum atomic E-state index is -0.611. The summed E-state index contributed by atoms with van der Waals surface area (Å²) in [5.74, 6) is 0. The third kappa shape index (κ3) is 1.97. The van der Waals surface area contributed by atoms with Gasteiger partial charge in [0, 0.05) is 0 Å². The van der Waals surface area contributed by atoms with Crippen molar-refractivity contribution in [3.63, 3.8) is 0 Å². The number of hydrogen-bond acceptors (Lipinski definition) is 0. The molecule has 0 aliphatic carbocycles. The molecule has 54 valence electrons. The first-order valence-corrected chi connectivity index (χ1v) is 7.39. The van der Waals surface area contributed by atoms with Gasteiger partial charge in [-0.3, -0.25) is 0 Å². The topological polar surface area (TPSA) is 0 Å². The van der Waals surface area contributed by atoms with Gasteiger partial charge in [-0.25, -0.2) is 0 Å². The molecule has 0 aromatic heterocycles. The Morgan fingerprint density at radius 3 is 2.11 bits per heavy atom. The first kappa shape index (κ1) is 7.60. The van der Waals surface area contributed by atoms with Crippen molar-refractivity contribution in [1.29, 1.82) is 0 Å². The van der Waals surface area contributed by atoms with E-state index in [0.29, 0.717) is 0 Å². The summed E-state index contributed by atoms with van der Waals surface area (Å²) in [6.45, 7) is 2.58. The van der Waals surface area contributed by atoms with Crippen LogP contribution < -0.4 is 0 Å². The molecule has 0 aromatic rings. The van der Waals surface area contributed by atoms with Crippen molar-refractivity contribution in [2.45, 2.75) is 19.3 Å². The van der Waals surface area contributed by atoms with Gasteiger partial charge in [0.1, 0.15) is 0 Å². The van der Waals surface area contributed by atoms with Crippen molar-refractivity contribution >= 4 is 15.1 Å². The standard InChI is InChI=1S/C7H18BP/c1-9(7-8)5-3-2-4-6-9/h9H,2-8H2,1H3. The quantitative estimate of drug-likeness (QED) is 0.382. The second-order valence-electron chi connectivity index (χ2n) is 3.72. The molecule has 1 aliphatic rings. The van der Waals surface area contributed by atoms with Gasteiger partial charge in [0.25, 0.3) is 0 Å². The average molecular weight is 144 g/mol. The Balaban J connectivity index is 2.37. The Morgan fingerprint density at radius 2 is 1.78 bits per heavy atom. The molecule has 1 aliphatic heterocycles. The molecule has 1 saturated heterocycles. The molecule has 0 aromatic carbocycles. The summed E-state index contributed by atoms with van der Waals surface area (Å²) in [5.41, 5.74) is 0. The Labute approximate surface area is 60.2 Å². The van der Waals surface area contributed by atoms with Gasteiger partial charge in [-0.1, -0.05) is 0 Å².